The van der Waals surface area contributed by atoms with Crippen LogP contribution in [0.25, 0.3) is 0 Å². The number of hydrogen-bond donors (Lipinski definition) is 1. The highest BCUT2D eigenvalue weighted by Crippen LogP contribution is 2.20. The summed E-state index contributed by atoms with van der Waals surface area (Å²) in [5.74, 6) is 0. The zero-order valence-electron chi connectivity index (χ0n) is 10.6. The lowest BCUT2D eigenvalue weighted by atomic mass is 9.52. The molecule has 1 aliphatic rings. The quantitative estimate of drug-likeness (QED) is 0.484. The van der Waals surface area contributed by atoms with Gasteiger partial charge in [-0.3, -0.25) is 0 Å². The molecule has 1 unspecified atom stereocenters. The molecule has 0 aromatic heterocycles. The molecule has 0 aliphatic carbocycles. The Morgan fingerprint density at radius 1 is 1.56 bits per heavy atom. The van der Waals surface area contributed by atoms with Crippen LogP contribution in [0.1, 0.15) is 12.0 Å². The van der Waals surface area contributed by atoms with Crippen molar-refractivity contribution in [3.63, 3.8) is 0 Å². The number of hydrogen-bond acceptors (Lipinski definition) is 2. The Morgan fingerprint density at radius 2 is 2.39 bits per heavy atom. The van der Waals surface area contributed by atoms with Gasteiger partial charge in [-0.15, -0.1) is 0 Å². The number of alkyl halides is 1. The van der Waals surface area contributed by atoms with Crippen LogP contribution in [-0.4, -0.2) is 31.0 Å². The van der Waals surface area contributed by atoms with Gasteiger partial charge in [-0.25, -0.2) is 0 Å². The zero-order chi connectivity index (χ0) is 13.0. The maximum Gasteiger partial charge on any atom is 0.327 e. The van der Waals surface area contributed by atoms with E-state index < -0.39 is 0 Å². The molecule has 0 bridgehead atoms. The van der Waals surface area contributed by atoms with Gasteiger partial charge in [-0.1, -0.05) is 46.7 Å². The van der Waals surface area contributed by atoms with Crippen molar-refractivity contribution >= 4 is 46.6 Å². The molecular weight excluding hydrogens is 359 g/mol. The van der Waals surface area contributed by atoms with Crippen molar-refractivity contribution in [1.29, 1.82) is 0 Å². The molecule has 1 heterocycles. The second kappa shape index (κ2) is 7.13. The molecule has 1 aromatic carbocycles. The smallest absolute Gasteiger partial charge is 0.327 e. The van der Waals surface area contributed by atoms with Gasteiger partial charge in [0.15, 0.2) is 0 Å². The lowest BCUT2D eigenvalue weighted by Gasteiger charge is -2.26. The predicted molar refractivity (Wildman–Crippen MR) is 87.7 cm³/mol. The first-order valence-electron chi connectivity index (χ1n) is 6.39. The van der Waals surface area contributed by atoms with Crippen LogP contribution in [0.5, 0.6) is 0 Å². The van der Waals surface area contributed by atoms with Gasteiger partial charge in [0.2, 0.25) is 0 Å². The van der Waals surface area contributed by atoms with Crippen LogP contribution < -0.4 is 10.8 Å². The summed E-state index contributed by atoms with van der Waals surface area (Å²) >= 11 is 8.44. The average Bonchev–Trinajstić information content (AvgIpc) is 2.38. The topological polar surface area (TPSA) is 21.3 Å². The number of benzene rings is 1. The molecule has 1 atom stereocenters. The number of fused-ring (bicyclic) bond motifs is 1. The Hall–Kier alpha value is 0.225. The van der Waals surface area contributed by atoms with Crippen LogP contribution in [0.4, 0.5) is 0 Å². The Labute approximate surface area is 128 Å². The van der Waals surface area contributed by atoms with E-state index >= 15 is 0 Å². The van der Waals surface area contributed by atoms with Crippen LogP contribution in [0.15, 0.2) is 18.2 Å². The molecule has 2 nitrogen and oxygen atoms in total. The van der Waals surface area contributed by atoms with Crippen LogP contribution in [0.2, 0.25) is 11.3 Å². The maximum atomic E-state index is 6.23. The average molecular weight is 377 g/mol. The third-order valence-electron chi connectivity index (χ3n) is 3.32. The molecule has 0 saturated carbocycles. The van der Waals surface area contributed by atoms with E-state index in [1.807, 2.05) is 13.1 Å². The zero-order valence-corrected chi connectivity index (χ0v) is 13.5. The second-order valence-corrected chi connectivity index (χ2v) is 6.01. The number of likely N-dealkylation sites (N-methyl/N-ethyl adjacent to an activating group) is 1. The molecule has 18 heavy (non-hydrogen) atoms. The van der Waals surface area contributed by atoms with Crippen molar-refractivity contribution < 1.29 is 4.65 Å². The van der Waals surface area contributed by atoms with Gasteiger partial charge < -0.3 is 9.97 Å². The summed E-state index contributed by atoms with van der Waals surface area (Å²) in [7, 11) is 1.97. The highest BCUT2D eigenvalue weighted by Gasteiger charge is 2.27. The molecular formula is C13H18BClINO. The summed E-state index contributed by atoms with van der Waals surface area (Å²) in [6, 6.07) is 6.19. The van der Waals surface area contributed by atoms with Gasteiger partial charge >= 0.3 is 6.92 Å². The first-order chi connectivity index (χ1) is 8.74. The highest BCUT2D eigenvalue weighted by atomic mass is 127. The van der Waals surface area contributed by atoms with E-state index in [0.29, 0.717) is 0 Å². The minimum atomic E-state index is 0.235. The van der Waals surface area contributed by atoms with Gasteiger partial charge in [0.1, 0.15) is 0 Å². The maximum absolute atomic E-state index is 6.23. The van der Waals surface area contributed by atoms with E-state index in [0.717, 1.165) is 28.7 Å². The van der Waals surface area contributed by atoms with Crippen molar-refractivity contribution in [2.75, 3.05) is 18.0 Å². The van der Waals surface area contributed by atoms with E-state index in [1.54, 1.807) is 0 Å². The third-order valence-corrected chi connectivity index (χ3v) is 4.54. The summed E-state index contributed by atoms with van der Waals surface area (Å²) in [6.07, 6.45) is 3.70. The predicted octanol–water partition coefficient (Wildman–Crippen LogP) is 2.52. The normalized spacial score (nSPS) is 16.5. The summed E-state index contributed by atoms with van der Waals surface area (Å²) in [4.78, 5) is 0. The minimum Gasteiger partial charge on any atom is -0.426 e. The fourth-order valence-corrected chi connectivity index (χ4v) is 3.19. The summed E-state index contributed by atoms with van der Waals surface area (Å²) in [6.45, 7) is 1.14. The molecule has 1 aliphatic heterocycles. The van der Waals surface area contributed by atoms with Gasteiger partial charge in [0.25, 0.3) is 0 Å². The van der Waals surface area contributed by atoms with Crippen LogP contribution >= 0.6 is 34.2 Å². The van der Waals surface area contributed by atoms with Crippen molar-refractivity contribution in [2.45, 2.75) is 25.3 Å². The first-order valence-corrected chi connectivity index (χ1v) is 8.29. The Bertz CT molecular complexity index is 405. The van der Waals surface area contributed by atoms with E-state index in [2.05, 4.69) is 40.0 Å². The largest absolute Gasteiger partial charge is 0.426 e. The summed E-state index contributed by atoms with van der Waals surface area (Å²) < 4.78 is 7.25. The monoisotopic (exact) mass is 377 g/mol. The molecule has 2 rings (SSSR count). The fraction of sp³-hybridized carbons (Fsp3) is 0.538. The van der Waals surface area contributed by atoms with Crippen molar-refractivity contribution in [1.82, 2.24) is 5.32 Å². The molecule has 98 valence electrons. The van der Waals surface area contributed by atoms with Crippen molar-refractivity contribution in [3.05, 3.63) is 28.8 Å². The SMILES string of the molecule is CNCC(CI)OB1CCCc2cc(Cl)ccc21. The third kappa shape index (κ3) is 3.62. The van der Waals surface area contributed by atoms with Crippen molar-refractivity contribution in [3.8, 4) is 0 Å². The Balaban J connectivity index is 2.12. The van der Waals surface area contributed by atoms with Crippen LogP contribution in [0.3, 0.4) is 0 Å². The Kier molecular flexibility index (Phi) is 5.79. The van der Waals surface area contributed by atoms with E-state index in [-0.39, 0.29) is 13.0 Å². The molecule has 1 N–H and O–H groups in total. The molecule has 0 spiro atoms. The van der Waals surface area contributed by atoms with Gasteiger partial charge in [0.05, 0.1) is 6.10 Å². The highest BCUT2D eigenvalue weighted by molar-refractivity contribution is 14.1. The van der Waals surface area contributed by atoms with Crippen molar-refractivity contribution in [2.24, 2.45) is 0 Å². The standard InChI is InChI=1S/C13H18BClINO/c1-17-9-12(8-16)18-14-6-2-3-10-7-11(15)4-5-13(10)14/h4-5,7,12,17H,2-3,6,8-9H2,1H3. The molecule has 1 aromatic rings. The summed E-state index contributed by atoms with van der Waals surface area (Å²) in [5.41, 5.74) is 2.69. The van der Waals surface area contributed by atoms with Crippen LogP contribution in [-0.2, 0) is 11.1 Å². The van der Waals surface area contributed by atoms with Gasteiger partial charge in [-0.05, 0) is 42.9 Å². The van der Waals surface area contributed by atoms with Crippen LogP contribution in [0, 0.1) is 0 Å². The minimum absolute atomic E-state index is 0.235. The number of halogens is 2. The number of nitrogens with one attached hydrogen (secondary N) is 1. The lowest BCUT2D eigenvalue weighted by molar-refractivity contribution is 0.231. The number of rotatable bonds is 5. The van der Waals surface area contributed by atoms with Gasteiger partial charge in [-0.2, -0.15) is 0 Å². The lowest BCUT2D eigenvalue weighted by Crippen LogP contribution is -2.44. The molecule has 0 amide bonds. The van der Waals surface area contributed by atoms with E-state index in [4.69, 9.17) is 16.3 Å². The molecule has 0 fully saturated rings. The van der Waals surface area contributed by atoms with E-state index in [1.165, 1.54) is 17.4 Å². The fourth-order valence-electron chi connectivity index (χ4n) is 2.48. The molecule has 5 heteroatoms. The van der Waals surface area contributed by atoms with E-state index in [9.17, 15) is 0 Å². The number of aryl methyl sites for hydroxylation is 1. The molecule has 0 radical (unpaired) electrons. The molecule has 0 saturated heterocycles. The summed E-state index contributed by atoms with van der Waals surface area (Å²) in [5, 5.41) is 4.02. The van der Waals surface area contributed by atoms with Gasteiger partial charge in [0, 0.05) is 16.0 Å². The first kappa shape index (κ1) is 14.6. The second-order valence-electron chi connectivity index (χ2n) is 4.69. The Morgan fingerprint density at radius 3 is 3.11 bits per heavy atom.